The van der Waals surface area contributed by atoms with Gasteiger partial charge in [0, 0.05) is 12.8 Å². The van der Waals surface area contributed by atoms with Crippen LogP contribution in [-0.2, 0) is 32.7 Å². The lowest BCUT2D eigenvalue weighted by molar-refractivity contribution is -0.870. The van der Waals surface area contributed by atoms with Gasteiger partial charge in [0.15, 0.2) is 6.10 Å². The molecule has 2 unspecified atom stereocenters. The van der Waals surface area contributed by atoms with Gasteiger partial charge < -0.3 is 27.9 Å². The minimum atomic E-state index is -4.64. The molecule has 0 bridgehead atoms. The van der Waals surface area contributed by atoms with Gasteiger partial charge in [0.1, 0.15) is 19.8 Å². The summed E-state index contributed by atoms with van der Waals surface area (Å²) >= 11 is 0. The number of unbranched alkanes of at least 4 members (excludes halogenated alkanes) is 63. The Hall–Kier alpha value is -0.990. The Morgan fingerprint density at radius 3 is 0.719 bits per heavy atom. The Labute approximate surface area is 556 Å². The summed E-state index contributed by atoms with van der Waals surface area (Å²) in [4.78, 5) is 38.1. The molecule has 89 heavy (non-hydrogen) atoms. The zero-order chi connectivity index (χ0) is 64.8. The SMILES string of the molecule is CCCCCCCCCCCCCCCCCCCCCCCCCCCCCCCCCCCCCCCCCCC(=O)OC(COC(=O)CCCCCCCCCCCCCCCCCCCCCCCCCCC)COP(=O)([O-])OCC[N+](C)(C)C. The van der Waals surface area contributed by atoms with Gasteiger partial charge in [-0.05, 0) is 12.8 Å². The first kappa shape index (κ1) is 88.0. The molecule has 0 saturated heterocycles. The molecule has 0 spiro atoms. The second-order valence-corrected chi connectivity index (χ2v) is 30.6. The zero-order valence-corrected chi connectivity index (χ0v) is 61.8. The van der Waals surface area contributed by atoms with E-state index >= 15 is 0 Å². The first-order valence-corrected chi connectivity index (χ1v) is 41.7. The number of quaternary nitrogens is 1. The van der Waals surface area contributed by atoms with E-state index in [0.717, 1.165) is 32.1 Å². The molecule has 0 rings (SSSR count). The smallest absolute Gasteiger partial charge is 0.306 e. The van der Waals surface area contributed by atoms with Crippen molar-refractivity contribution >= 4 is 19.8 Å². The topological polar surface area (TPSA) is 111 Å². The molecule has 0 aromatic heterocycles. The van der Waals surface area contributed by atoms with Crippen molar-refractivity contribution in [2.75, 3.05) is 47.5 Å². The van der Waals surface area contributed by atoms with Gasteiger partial charge in [0.2, 0.25) is 0 Å². The maximum absolute atomic E-state index is 12.9. The fraction of sp³-hybridized carbons (Fsp3) is 0.975. The lowest BCUT2D eigenvalue weighted by atomic mass is 10.0. The van der Waals surface area contributed by atoms with E-state index < -0.39 is 26.5 Å². The van der Waals surface area contributed by atoms with Crippen molar-refractivity contribution in [3.8, 4) is 0 Å². The van der Waals surface area contributed by atoms with Crippen LogP contribution in [0.15, 0.2) is 0 Å². The number of nitrogens with zero attached hydrogens (tertiary/aromatic N) is 1. The third-order valence-corrected chi connectivity index (χ3v) is 19.8. The summed E-state index contributed by atoms with van der Waals surface area (Å²) in [6.07, 6.45) is 88.2. The Kier molecular flexibility index (Phi) is 70.5. The van der Waals surface area contributed by atoms with Crippen LogP contribution in [-0.4, -0.2) is 70.0 Å². The monoisotopic (exact) mass is 1280 g/mol. The molecule has 0 fully saturated rings. The molecule has 0 aliphatic carbocycles. The third-order valence-electron chi connectivity index (χ3n) is 18.9. The third kappa shape index (κ3) is 75.9. The molecule has 0 aliphatic heterocycles. The molecule has 0 saturated carbocycles. The highest BCUT2D eigenvalue weighted by atomic mass is 31.2. The van der Waals surface area contributed by atoms with Crippen LogP contribution >= 0.6 is 7.82 Å². The van der Waals surface area contributed by atoms with Gasteiger partial charge in [0.25, 0.3) is 7.82 Å². The quantitative estimate of drug-likeness (QED) is 0.0256. The van der Waals surface area contributed by atoms with Crippen molar-refractivity contribution in [2.24, 2.45) is 0 Å². The van der Waals surface area contributed by atoms with E-state index in [0.29, 0.717) is 17.4 Å². The molecule has 532 valence electrons. The number of phosphoric ester groups is 1. The number of likely N-dealkylation sites (N-methyl/N-ethyl adjacent to an activating group) is 1. The van der Waals surface area contributed by atoms with Crippen molar-refractivity contribution in [1.82, 2.24) is 0 Å². The number of esters is 2. The van der Waals surface area contributed by atoms with E-state index in [9.17, 15) is 19.0 Å². The molecule has 10 heteroatoms. The van der Waals surface area contributed by atoms with Gasteiger partial charge in [-0.2, -0.15) is 0 Å². The van der Waals surface area contributed by atoms with Crippen LogP contribution in [0.2, 0.25) is 0 Å². The Balaban J connectivity index is 3.84. The maximum Gasteiger partial charge on any atom is 0.306 e. The largest absolute Gasteiger partial charge is 0.756 e. The standard InChI is InChI=1S/C79H158NO8P/c1-6-8-10-12-14-16-18-20-22-24-26-28-30-32-33-34-35-36-37-38-39-40-41-42-43-44-45-46-48-50-52-54-56-58-60-62-64-66-68-70-72-79(82)88-77(76-87-89(83,84)86-74-73-80(3,4)5)75-85-78(81)71-69-67-65-63-61-59-57-55-53-51-49-47-31-29-27-25-23-21-19-17-15-13-11-9-7-2/h77H,6-76H2,1-5H3. The van der Waals surface area contributed by atoms with Gasteiger partial charge in [-0.3, -0.25) is 14.2 Å². The van der Waals surface area contributed by atoms with Gasteiger partial charge in [-0.25, -0.2) is 0 Å². The first-order chi connectivity index (χ1) is 43.5. The Morgan fingerprint density at radius 1 is 0.303 bits per heavy atom. The van der Waals surface area contributed by atoms with Crippen LogP contribution in [0.25, 0.3) is 0 Å². The molecule has 0 N–H and O–H groups in total. The van der Waals surface area contributed by atoms with Crippen LogP contribution in [0.4, 0.5) is 0 Å². The summed E-state index contributed by atoms with van der Waals surface area (Å²) in [5.74, 6) is -0.801. The molecular weight excluding hydrogens is 1120 g/mol. The Bertz CT molecular complexity index is 1460. The van der Waals surface area contributed by atoms with E-state index in [4.69, 9.17) is 18.5 Å². The number of ether oxygens (including phenoxy) is 2. The van der Waals surface area contributed by atoms with Crippen LogP contribution in [0.1, 0.15) is 444 Å². The zero-order valence-electron chi connectivity index (χ0n) is 60.9. The van der Waals surface area contributed by atoms with Crippen LogP contribution < -0.4 is 4.89 Å². The average Bonchev–Trinajstić information content (AvgIpc) is 3.72. The van der Waals surface area contributed by atoms with Crippen molar-refractivity contribution in [1.29, 1.82) is 0 Å². The van der Waals surface area contributed by atoms with E-state index in [1.807, 2.05) is 21.1 Å². The lowest BCUT2D eigenvalue weighted by Crippen LogP contribution is -2.37. The fourth-order valence-electron chi connectivity index (χ4n) is 12.7. The predicted octanol–water partition coefficient (Wildman–Crippen LogP) is 25.8. The Morgan fingerprint density at radius 2 is 0.506 bits per heavy atom. The van der Waals surface area contributed by atoms with Crippen molar-refractivity contribution < 1.29 is 42.1 Å². The number of hydrogen-bond acceptors (Lipinski definition) is 8. The van der Waals surface area contributed by atoms with Crippen molar-refractivity contribution in [3.63, 3.8) is 0 Å². The number of carbonyl (C=O) groups is 2. The molecule has 0 aliphatic rings. The van der Waals surface area contributed by atoms with Gasteiger partial charge in [-0.15, -0.1) is 0 Å². The first-order valence-electron chi connectivity index (χ1n) is 40.2. The van der Waals surface area contributed by atoms with Crippen molar-refractivity contribution in [2.45, 2.75) is 450 Å². The number of phosphoric acid groups is 1. The van der Waals surface area contributed by atoms with E-state index in [2.05, 4.69) is 13.8 Å². The highest BCUT2D eigenvalue weighted by molar-refractivity contribution is 7.45. The van der Waals surface area contributed by atoms with Crippen LogP contribution in [0, 0.1) is 0 Å². The van der Waals surface area contributed by atoms with Gasteiger partial charge in [-0.1, -0.05) is 418 Å². The van der Waals surface area contributed by atoms with Gasteiger partial charge in [0.05, 0.1) is 27.7 Å². The minimum Gasteiger partial charge on any atom is -0.756 e. The molecule has 0 radical (unpaired) electrons. The number of rotatable bonds is 77. The molecule has 2 atom stereocenters. The number of carbonyl (C=O) groups excluding carboxylic acids is 2. The van der Waals surface area contributed by atoms with Crippen LogP contribution in [0.3, 0.4) is 0 Å². The van der Waals surface area contributed by atoms with Crippen molar-refractivity contribution in [3.05, 3.63) is 0 Å². The minimum absolute atomic E-state index is 0.0247. The van der Waals surface area contributed by atoms with Crippen LogP contribution in [0.5, 0.6) is 0 Å². The predicted molar refractivity (Wildman–Crippen MR) is 384 cm³/mol. The number of hydrogen-bond donors (Lipinski definition) is 0. The maximum atomic E-state index is 12.9. The second kappa shape index (κ2) is 71.3. The summed E-state index contributed by atoms with van der Waals surface area (Å²) in [5.41, 5.74) is 0. The summed E-state index contributed by atoms with van der Waals surface area (Å²) in [5, 5.41) is 0. The molecule has 9 nitrogen and oxygen atoms in total. The van der Waals surface area contributed by atoms with Gasteiger partial charge >= 0.3 is 11.9 Å². The fourth-order valence-corrected chi connectivity index (χ4v) is 13.5. The molecule has 0 amide bonds. The van der Waals surface area contributed by atoms with E-state index in [1.165, 1.54) is 379 Å². The molecular formula is C79H158NO8P. The summed E-state index contributed by atoms with van der Waals surface area (Å²) < 4.78 is 34.4. The van der Waals surface area contributed by atoms with E-state index in [1.54, 1.807) is 0 Å². The summed E-state index contributed by atoms with van der Waals surface area (Å²) in [6.45, 7) is 4.35. The molecule has 0 aromatic carbocycles. The molecule has 0 aromatic rings. The molecule has 0 heterocycles. The normalized spacial score (nSPS) is 12.9. The summed E-state index contributed by atoms with van der Waals surface area (Å²) in [6, 6.07) is 0. The summed E-state index contributed by atoms with van der Waals surface area (Å²) in [7, 11) is 1.20. The lowest BCUT2D eigenvalue weighted by Gasteiger charge is -2.28. The average molecular weight is 1280 g/mol. The highest BCUT2D eigenvalue weighted by Gasteiger charge is 2.22. The van der Waals surface area contributed by atoms with E-state index in [-0.39, 0.29) is 32.0 Å². The highest BCUT2D eigenvalue weighted by Crippen LogP contribution is 2.38. The second-order valence-electron chi connectivity index (χ2n) is 29.2.